The van der Waals surface area contributed by atoms with Crippen LogP contribution in [0.4, 0.5) is 0 Å². The van der Waals surface area contributed by atoms with Gasteiger partial charge in [0.25, 0.3) is 0 Å². The topological polar surface area (TPSA) is 207 Å². The summed E-state index contributed by atoms with van der Waals surface area (Å²) in [6, 6.07) is 126. The van der Waals surface area contributed by atoms with E-state index >= 15 is 0 Å². The van der Waals surface area contributed by atoms with Crippen molar-refractivity contribution in [3.63, 3.8) is 0 Å². The third kappa shape index (κ3) is 12.6. The zero-order chi connectivity index (χ0) is 81.7. The second kappa shape index (κ2) is 29.4. The van der Waals surface area contributed by atoms with Crippen molar-refractivity contribution in [3.8, 4) is 170 Å². The molecule has 24 rings (SSSR count). The van der Waals surface area contributed by atoms with Crippen LogP contribution in [0.5, 0.6) is 0 Å². The molecule has 578 valence electrons. The van der Waals surface area contributed by atoms with E-state index in [9.17, 15) is 0 Å². The Balaban J connectivity index is 0.637. The van der Waals surface area contributed by atoms with Crippen LogP contribution in [0.25, 0.3) is 258 Å². The molecule has 0 amide bonds. The molecule has 16 nitrogen and oxygen atoms in total. The summed E-state index contributed by atoms with van der Waals surface area (Å²) in [5.74, 6) is 6.34. The quantitative estimate of drug-likeness (QED) is 0.0935. The van der Waals surface area contributed by atoms with Crippen LogP contribution < -0.4 is 0 Å². The molecular weight excluding hydrogens is 1530 g/mol. The SMILES string of the molecule is c1ccc(-c2nc(-c3cccc(-c4ccc(-c5nc(-c6ccccc6)nc(-c6ccccc6)n5)c5c4oc4ccc(-c6ccc7oc8cccc(-c9nc(-c%10ccccc%10)nc(-c%10ccccc%10)n9)c8c7c6)cc45)c3)nc(-c3ccc4oc5cccc(-c6ccc7oc8cccc(-c9nc(-c%10ccccc%10)nc(-c%10ccccc%10)n9)c8c7c6)c5c4c3)n2)cc1. The Labute approximate surface area is 707 Å². The summed E-state index contributed by atoms with van der Waals surface area (Å²) in [6.07, 6.45) is 0. The van der Waals surface area contributed by atoms with Gasteiger partial charge in [-0.15, -0.1) is 0 Å². The lowest BCUT2D eigenvalue weighted by Crippen LogP contribution is -2.01. The van der Waals surface area contributed by atoms with Gasteiger partial charge in [-0.25, -0.2) is 59.8 Å². The van der Waals surface area contributed by atoms with Crippen molar-refractivity contribution in [2.75, 3.05) is 0 Å². The van der Waals surface area contributed by atoms with Gasteiger partial charge in [-0.2, -0.15) is 0 Å². The summed E-state index contributed by atoms with van der Waals surface area (Å²) in [5.41, 5.74) is 21.1. The van der Waals surface area contributed by atoms with Crippen LogP contribution in [-0.2, 0) is 0 Å². The van der Waals surface area contributed by atoms with E-state index < -0.39 is 0 Å². The third-order valence-electron chi connectivity index (χ3n) is 22.9. The molecule has 16 aromatic carbocycles. The molecule has 0 atom stereocenters. The van der Waals surface area contributed by atoms with E-state index in [0.717, 1.165) is 160 Å². The fourth-order valence-corrected chi connectivity index (χ4v) is 17.0. The number of furan rings is 4. The monoisotopic (exact) mass is 1590 g/mol. The summed E-state index contributed by atoms with van der Waals surface area (Å²) < 4.78 is 27.4. The van der Waals surface area contributed by atoms with Gasteiger partial charge >= 0.3 is 0 Å². The zero-order valence-electron chi connectivity index (χ0n) is 65.8. The second-order valence-electron chi connectivity index (χ2n) is 30.5. The van der Waals surface area contributed by atoms with Crippen LogP contribution in [-0.4, -0.2) is 59.8 Å². The number of nitrogens with zero attached hydrogens (tertiary/aromatic N) is 12. The first-order valence-corrected chi connectivity index (χ1v) is 40.8. The van der Waals surface area contributed by atoms with Crippen LogP contribution in [0.15, 0.2) is 394 Å². The van der Waals surface area contributed by atoms with Gasteiger partial charge in [-0.3, -0.25) is 0 Å². The largest absolute Gasteiger partial charge is 0.456 e. The normalized spacial score (nSPS) is 11.7. The van der Waals surface area contributed by atoms with E-state index in [4.69, 9.17) is 77.5 Å². The van der Waals surface area contributed by atoms with Crippen molar-refractivity contribution >= 4 is 87.8 Å². The maximum atomic E-state index is 7.30. The highest BCUT2D eigenvalue weighted by molar-refractivity contribution is 6.19. The van der Waals surface area contributed by atoms with Gasteiger partial charge in [-0.1, -0.05) is 285 Å². The van der Waals surface area contributed by atoms with Gasteiger partial charge in [0, 0.05) is 115 Å². The number of aromatic nitrogens is 12. The molecular formula is C108H62N12O4. The lowest BCUT2D eigenvalue weighted by Gasteiger charge is -2.12. The highest BCUT2D eigenvalue weighted by Gasteiger charge is 2.27. The van der Waals surface area contributed by atoms with E-state index in [1.807, 2.05) is 285 Å². The Morgan fingerprint density at radius 1 is 0.129 bits per heavy atom. The fourth-order valence-electron chi connectivity index (χ4n) is 17.0. The van der Waals surface area contributed by atoms with Gasteiger partial charge in [0.15, 0.2) is 69.9 Å². The molecule has 124 heavy (non-hydrogen) atoms. The van der Waals surface area contributed by atoms with Gasteiger partial charge in [-0.05, 0) is 119 Å². The molecule has 8 heterocycles. The van der Waals surface area contributed by atoms with Crippen molar-refractivity contribution in [1.29, 1.82) is 0 Å². The average molecular weight is 1590 g/mol. The van der Waals surface area contributed by atoms with Gasteiger partial charge in [0.1, 0.15) is 44.7 Å². The Kier molecular flexibility index (Phi) is 16.8. The predicted octanol–water partition coefficient (Wildman–Crippen LogP) is 27.0. The Morgan fingerprint density at radius 3 is 0.734 bits per heavy atom. The number of hydrogen-bond donors (Lipinski definition) is 0. The number of fused-ring (bicyclic) bond motifs is 12. The summed E-state index contributed by atoms with van der Waals surface area (Å²) in [5, 5.41) is 7.09. The van der Waals surface area contributed by atoms with E-state index in [1.165, 1.54) is 0 Å². The number of rotatable bonds is 15. The molecule has 0 aliphatic rings. The lowest BCUT2D eigenvalue weighted by atomic mass is 9.95. The average Bonchev–Trinajstić information content (AvgIpc) is 1.58. The summed E-state index contributed by atoms with van der Waals surface area (Å²) in [7, 11) is 0. The first-order valence-electron chi connectivity index (χ1n) is 40.8. The Hall–Kier alpha value is -17.2. The van der Waals surface area contributed by atoms with E-state index in [0.29, 0.717) is 97.8 Å². The van der Waals surface area contributed by atoms with E-state index in [1.54, 1.807) is 0 Å². The summed E-state index contributed by atoms with van der Waals surface area (Å²) in [6.45, 7) is 0. The molecule has 8 aromatic heterocycles. The minimum absolute atomic E-state index is 0.471. The zero-order valence-corrected chi connectivity index (χ0v) is 65.8. The molecule has 0 N–H and O–H groups in total. The van der Waals surface area contributed by atoms with E-state index in [2.05, 4.69) is 91.0 Å². The Morgan fingerprint density at radius 2 is 0.363 bits per heavy atom. The van der Waals surface area contributed by atoms with Crippen LogP contribution in [0, 0.1) is 0 Å². The fraction of sp³-hybridized carbons (Fsp3) is 0. The van der Waals surface area contributed by atoms with Gasteiger partial charge < -0.3 is 17.7 Å². The predicted molar refractivity (Wildman–Crippen MR) is 491 cm³/mol. The van der Waals surface area contributed by atoms with Crippen LogP contribution in [0.2, 0.25) is 0 Å². The third-order valence-corrected chi connectivity index (χ3v) is 22.9. The van der Waals surface area contributed by atoms with Crippen LogP contribution in [0.1, 0.15) is 0 Å². The smallest absolute Gasteiger partial charge is 0.164 e. The summed E-state index contributed by atoms with van der Waals surface area (Å²) >= 11 is 0. The molecule has 0 radical (unpaired) electrons. The van der Waals surface area contributed by atoms with Crippen molar-refractivity contribution < 1.29 is 17.7 Å². The molecule has 0 aliphatic heterocycles. The maximum absolute atomic E-state index is 7.30. The molecule has 0 bridgehead atoms. The van der Waals surface area contributed by atoms with Gasteiger partial charge in [0.2, 0.25) is 0 Å². The maximum Gasteiger partial charge on any atom is 0.164 e. The molecule has 0 spiro atoms. The number of benzene rings is 16. The molecule has 0 fully saturated rings. The highest BCUT2D eigenvalue weighted by Crippen LogP contribution is 2.48. The van der Waals surface area contributed by atoms with E-state index in [-0.39, 0.29) is 0 Å². The Bertz CT molecular complexity index is 8180. The molecule has 0 saturated heterocycles. The first kappa shape index (κ1) is 70.9. The minimum atomic E-state index is 0.471. The first-order chi connectivity index (χ1) is 61.4. The molecule has 24 aromatic rings. The van der Waals surface area contributed by atoms with Crippen LogP contribution >= 0.6 is 0 Å². The number of hydrogen-bond acceptors (Lipinski definition) is 16. The standard InChI is InChI=1S/C108H62N12O4/c1-8-26-63(27-9-1)97-112-104(114-105(113-97)75-51-57-87-83(62-75)92-76(42-23-45-89(92)121-87)73-50-56-86-82(61-73)94-79(44-25-47-91(94)123-86)107-117-100(66-32-14-4-15-33-66)110-101(118-107)67-34-16-5-17-35-67)74-41-22-40-72(58-74)77-52-53-80(108-119-102(68-36-18-6-19-37-68)111-103(120-108)69-38-20-7-21-39-69)95-84-60-71(49-55-88(84)124-96(77)95)70-48-54-85-81(59-70)93-78(43-24-46-90(93)122-85)106-115-98(64-28-10-2-11-29-64)109-99(116-106)65-30-12-3-13-31-65/h1-62H. The second-order valence-corrected chi connectivity index (χ2v) is 30.5. The lowest BCUT2D eigenvalue weighted by molar-refractivity contribution is 0.668. The van der Waals surface area contributed by atoms with Crippen LogP contribution in [0.3, 0.4) is 0 Å². The minimum Gasteiger partial charge on any atom is -0.456 e. The molecule has 0 aliphatic carbocycles. The molecule has 0 unspecified atom stereocenters. The highest BCUT2D eigenvalue weighted by atomic mass is 16.3. The van der Waals surface area contributed by atoms with Crippen molar-refractivity contribution in [2.24, 2.45) is 0 Å². The summed E-state index contributed by atoms with van der Waals surface area (Å²) in [4.78, 5) is 62.5. The van der Waals surface area contributed by atoms with Gasteiger partial charge in [0.05, 0.1) is 0 Å². The van der Waals surface area contributed by atoms with Crippen molar-refractivity contribution in [3.05, 3.63) is 376 Å². The van der Waals surface area contributed by atoms with Crippen molar-refractivity contribution in [1.82, 2.24) is 59.8 Å². The molecule has 16 heteroatoms. The molecule has 0 saturated carbocycles. The van der Waals surface area contributed by atoms with Crippen molar-refractivity contribution in [2.45, 2.75) is 0 Å².